The van der Waals surface area contributed by atoms with Gasteiger partial charge in [-0.25, -0.2) is 8.42 Å². The van der Waals surface area contributed by atoms with Gasteiger partial charge in [0.05, 0.1) is 21.9 Å². The molecule has 1 heterocycles. The molecule has 1 aliphatic heterocycles. The van der Waals surface area contributed by atoms with Crippen molar-refractivity contribution in [1.82, 2.24) is 0 Å². The number of hydrogen-bond acceptors (Lipinski definition) is 6. The van der Waals surface area contributed by atoms with Gasteiger partial charge < -0.3 is 20.5 Å². The Kier molecular flexibility index (Phi) is 4.46. The topological polar surface area (TPSA) is 92.9 Å². The van der Waals surface area contributed by atoms with E-state index in [0.29, 0.717) is 38.3 Å². The number of sulfone groups is 1. The summed E-state index contributed by atoms with van der Waals surface area (Å²) >= 11 is 0. The maximum atomic E-state index is 11.7. The van der Waals surface area contributed by atoms with E-state index in [1.807, 2.05) is 0 Å². The highest BCUT2D eigenvalue weighted by Crippen LogP contribution is 2.31. The molecule has 1 aromatic carbocycles. The summed E-state index contributed by atoms with van der Waals surface area (Å²) < 4.78 is 28.7. The fourth-order valence-corrected chi connectivity index (χ4v) is 3.45. The molecule has 0 saturated carbocycles. The molecule has 0 amide bonds. The molecule has 7 heteroatoms. The van der Waals surface area contributed by atoms with E-state index in [9.17, 15) is 13.5 Å². The van der Waals surface area contributed by atoms with Crippen molar-refractivity contribution in [1.29, 1.82) is 0 Å². The van der Waals surface area contributed by atoms with Crippen LogP contribution in [0.5, 0.6) is 0 Å². The second-order valence-electron chi connectivity index (χ2n) is 5.65. The van der Waals surface area contributed by atoms with Crippen molar-refractivity contribution in [2.45, 2.75) is 23.3 Å². The molecule has 0 aromatic heterocycles. The summed E-state index contributed by atoms with van der Waals surface area (Å²) in [4.78, 5) is 1.92. The van der Waals surface area contributed by atoms with Crippen LogP contribution in [0.1, 0.15) is 12.8 Å². The van der Waals surface area contributed by atoms with Crippen LogP contribution in [-0.4, -0.2) is 52.2 Å². The van der Waals surface area contributed by atoms with E-state index in [0.717, 1.165) is 6.26 Å². The minimum atomic E-state index is -3.37. The lowest BCUT2D eigenvalue weighted by atomic mass is 9.93. The number of anilines is 2. The number of nitrogens with two attached hydrogens (primary N) is 1. The Balaban J connectivity index is 2.25. The number of nitrogen functional groups attached to an aromatic ring is 1. The molecule has 1 aliphatic rings. The molecule has 0 aliphatic carbocycles. The molecule has 1 aromatic rings. The first-order valence-corrected chi connectivity index (χ1v) is 8.72. The fourth-order valence-electron chi connectivity index (χ4n) is 2.62. The van der Waals surface area contributed by atoms with Crippen molar-refractivity contribution in [3.8, 4) is 0 Å². The van der Waals surface area contributed by atoms with Gasteiger partial charge in [0.15, 0.2) is 9.84 Å². The molecule has 6 nitrogen and oxygen atoms in total. The van der Waals surface area contributed by atoms with Crippen LogP contribution in [0.25, 0.3) is 0 Å². The van der Waals surface area contributed by atoms with E-state index < -0.39 is 15.4 Å². The van der Waals surface area contributed by atoms with Crippen molar-refractivity contribution in [2.75, 3.05) is 43.7 Å². The van der Waals surface area contributed by atoms with Gasteiger partial charge in [-0.3, -0.25) is 0 Å². The van der Waals surface area contributed by atoms with Crippen LogP contribution >= 0.6 is 0 Å². The average molecular weight is 314 g/mol. The zero-order valence-corrected chi connectivity index (χ0v) is 13.2. The Hall–Kier alpha value is -1.31. The first-order chi connectivity index (χ1) is 9.73. The Morgan fingerprint density at radius 2 is 2.00 bits per heavy atom. The minimum Gasteiger partial charge on any atom is -0.396 e. The summed E-state index contributed by atoms with van der Waals surface area (Å²) in [6.07, 6.45) is 2.25. The lowest BCUT2D eigenvalue weighted by Crippen LogP contribution is -2.45. The number of hydrogen-bond donors (Lipinski definition) is 2. The van der Waals surface area contributed by atoms with Gasteiger partial charge in [0, 0.05) is 45.9 Å². The highest BCUT2D eigenvalue weighted by Gasteiger charge is 2.31. The zero-order chi connectivity index (χ0) is 15.7. The SMILES string of the molecule is CN(CC1(O)CCOCC1)c1cccc(S(C)(=O)=O)c1N. The maximum Gasteiger partial charge on any atom is 0.177 e. The van der Waals surface area contributed by atoms with E-state index in [1.54, 1.807) is 24.1 Å². The van der Waals surface area contributed by atoms with Crippen LogP contribution in [-0.2, 0) is 14.6 Å². The van der Waals surface area contributed by atoms with Crippen LogP contribution in [0.2, 0.25) is 0 Å². The van der Waals surface area contributed by atoms with Gasteiger partial charge in [-0.05, 0) is 12.1 Å². The lowest BCUT2D eigenvalue weighted by molar-refractivity contribution is -0.0572. The Morgan fingerprint density at radius 3 is 2.57 bits per heavy atom. The van der Waals surface area contributed by atoms with Crippen LogP contribution in [0.3, 0.4) is 0 Å². The van der Waals surface area contributed by atoms with Crippen molar-refractivity contribution < 1.29 is 18.3 Å². The lowest BCUT2D eigenvalue weighted by Gasteiger charge is -2.36. The summed E-state index contributed by atoms with van der Waals surface area (Å²) in [6.45, 7) is 1.44. The number of para-hydroxylation sites is 1. The van der Waals surface area contributed by atoms with Gasteiger partial charge in [-0.1, -0.05) is 6.07 Å². The first kappa shape index (κ1) is 16.1. The summed E-state index contributed by atoms with van der Waals surface area (Å²) in [5.41, 5.74) is 5.99. The average Bonchev–Trinajstić information content (AvgIpc) is 2.37. The molecular weight excluding hydrogens is 292 g/mol. The van der Waals surface area contributed by atoms with E-state index in [1.165, 1.54) is 6.07 Å². The molecular formula is C14H22N2O4S. The molecule has 0 radical (unpaired) electrons. The van der Waals surface area contributed by atoms with Gasteiger partial charge in [0.2, 0.25) is 0 Å². The molecule has 1 saturated heterocycles. The largest absolute Gasteiger partial charge is 0.396 e. The summed E-state index contributed by atoms with van der Waals surface area (Å²) in [6, 6.07) is 4.91. The third-order valence-corrected chi connectivity index (χ3v) is 4.96. The molecule has 118 valence electrons. The Labute approximate surface area is 125 Å². The van der Waals surface area contributed by atoms with Crippen molar-refractivity contribution in [3.63, 3.8) is 0 Å². The summed E-state index contributed by atoms with van der Waals surface area (Å²) in [5, 5.41) is 10.5. The van der Waals surface area contributed by atoms with E-state index >= 15 is 0 Å². The third kappa shape index (κ3) is 3.66. The predicted molar refractivity (Wildman–Crippen MR) is 82.2 cm³/mol. The van der Waals surface area contributed by atoms with Gasteiger partial charge in [-0.2, -0.15) is 0 Å². The summed E-state index contributed by atoms with van der Waals surface area (Å²) in [7, 11) is -1.58. The molecule has 3 N–H and O–H groups in total. The molecule has 2 rings (SSSR count). The number of rotatable bonds is 4. The van der Waals surface area contributed by atoms with E-state index in [2.05, 4.69) is 0 Å². The first-order valence-electron chi connectivity index (χ1n) is 6.83. The van der Waals surface area contributed by atoms with Gasteiger partial charge in [0.1, 0.15) is 0 Å². The maximum absolute atomic E-state index is 11.7. The monoisotopic (exact) mass is 314 g/mol. The smallest absolute Gasteiger partial charge is 0.177 e. The molecule has 0 unspecified atom stereocenters. The molecule has 21 heavy (non-hydrogen) atoms. The normalized spacial score (nSPS) is 18.4. The molecule has 0 bridgehead atoms. The number of nitrogens with zero attached hydrogens (tertiary/aromatic N) is 1. The Morgan fingerprint density at radius 1 is 1.38 bits per heavy atom. The fraction of sp³-hybridized carbons (Fsp3) is 0.571. The number of likely N-dealkylation sites (N-methyl/N-ethyl adjacent to an activating group) is 1. The predicted octanol–water partition coefficient (Wildman–Crippen LogP) is 0.650. The highest BCUT2D eigenvalue weighted by molar-refractivity contribution is 7.90. The van der Waals surface area contributed by atoms with Gasteiger partial charge in [-0.15, -0.1) is 0 Å². The van der Waals surface area contributed by atoms with Gasteiger partial charge in [0.25, 0.3) is 0 Å². The van der Waals surface area contributed by atoms with Crippen LogP contribution in [0.15, 0.2) is 23.1 Å². The quantitative estimate of drug-likeness (QED) is 0.793. The van der Waals surface area contributed by atoms with E-state index in [4.69, 9.17) is 10.5 Å². The molecule has 0 atom stereocenters. The second-order valence-corrected chi connectivity index (χ2v) is 7.64. The summed E-state index contributed by atoms with van der Waals surface area (Å²) in [5.74, 6) is 0. The van der Waals surface area contributed by atoms with Crippen LogP contribution < -0.4 is 10.6 Å². The standard InChI is InChI=1S/C14H22N2O4S/c1-16(10-14(17)6-8-20-9-7-14)11-4-3-5-12(13(11)15)21(2,18)19/h3-5,17H,6-10,15H2,1-2H3. The second kappa shape index (κ2) is 5.82. The van der Waals surface area contributed by atoms with Crippen molar-refractivity contribution in [3.05, 3.63) is 18.2 Å². The number of aliphatic hydroxyl groups is 1. The third-order valence-electron chi connectivity index (χ3n) is 3.81. The van der Waals surface area contributed by atoms with Crippen LogP contribution in [0.4, 0.5) is 11.4 Å². The molecule has 0 spiro atoms. The van der Waals surface area contributed by atoms with Crippen molar-refractivity contribution >= 4 is 21.2 Å². The Bertz CT molecular complexity index is 609. The highest BCUT2D eigenvalue weighted by atomic mass is 32.2. The van der Waals surface area contributed by atoms with Crippen LogP contribution in [0, 0.1) is 0 Å². The number of ether oxygens (including phenoxy) is 1. The van der Waals surface area contributed by atoms with E-state index in [-0.39, 0.29) is 10.6 Å². The zero-order valence-electron chi connectivity index (χ0n) is 12.4. The number of benzene rings is 1. The van der Waals surface area contributed by atoms with Gasteiger partial charge >= 0.3 is 0 Å². The minimum absolute atomic E-state index is 0.116. The van der Waals surface area contributed by atoms with Crippen molar-refractivity contribution in [2.24, 2.45) is 0 Å². The molecule has 1 fully saturated rings.